The van der Waals surface area contributed by atoms with Crippen LogP contribution < -0.4 is 0 Å². The van der Waals surface area contributed by atoms with Gasteiger partial charge in [-0.3, -0.25) is 14.4 Å². The zero-order valence-electron chi connectivity index (χ0n) is 53.5. The fourth-order valence-electron chi connectivity index (χ4n) is 9.36. The van der Waals surface area contributed by atoms with Crippen molar-refractivity contribution >= 4 is 17.9 Å². The number of ether oxygens (including phenoxy) is 3. The van der Waals surface area contributed by atoms with Crippen molar-refractivity contribution in [3.63, 3.8) is 0 Å². The molecule has 0 bridgehead atoms. The summed E-state index contributed by atoms with van der Waals surface area (Å²) in [7, 11) is 0. The van der Waals surface area contributed by atoms with Crippen molar-refractivity contribution in [3.05, 3.63) is 134 Å². The highest BCUT2D eigenvalue weighted by Crippen LogP contribution is 2.16. The van der Waals surface area contributed by atoms with E-state index in [0.717, 1.165) is 141 Å². The average Bonchev–Trinajstić information content (AvgIpc) is 3.47. The van der Waals surface area contributed by atoms with Gasteiger partial charge in [0.1, 0.15) is 13.2 Å². The van der Waals surface area contributed by atoms with Gasteiger partial charge in [-0.1, -0.05) is 309 Å². The number of hydrogen-bond donors (Lipinski definition) is 0. The first kappa shape index (κ1) is 77.5. The van der Waals surface area contributed by atoms with E-state index in [4.69, 9.17) is 14.2 Å². The molecular formula is C76H126O6. The Morgan fingerprint density at radius 2 is 0.476 bits per heavy atom. The van der Waals surface area contributed by atoms with Crippen LogP contribution in [-0.4, -0.2) is 37.2 Å². The van der Waals surface area contributed by atoms with Crippen molar-refractivity contribution in [2.75, 3.05) is 13.2 Å². The Morgan fingerprint density at radius 1 is 0.256 bits per heavy atom. The number of carbonyl (C=O) groups excluding carboxylic acids is 3. The average molecular weight is 1140 g/mol. The lowest BCUT2D eigenvalue weighted by molar-refractivity contribution is -0.167. The van der Waals surface area contributed by atoms with Crippen LogP contribution in [0.3, 0.4) is 0 Å². The van der Waals surface area contributed by atoms with Gasteiger partial charge < -0.3 is 14.2 Å². The molecule has 6 heteroatoms. The molecule has 0 aromatic heterocycles. The van der Waals surface area contributed by atoms with Crippen LogP contribution >= 0.6 is 0 Å². The molecule has 0 saturated carbocycles. The van der Waals surface area contributed by atoms with E-state index in [9.17, 15) is 14.4 Å². The van der Waals surface area contributed by atoms with Gasteiger partial charge in [0.2, 0.25) is 0 Å². The van der Waals surface area contributed by atoms with Crippen LogP contribution in [0.5, 0.6) is 0 Å². The van der Waals surface area contributed by atoms with Crippen molar-refractivity contribution < 1.29 is 28.6 Å². The highest BCUT2D eigenvalue weighted by atomic mass is 16.6. The molecule has 0 saturated heterocycles. The summed E-state index contributed by atoms with van der Waals surface area (Å²) in [5.41, 5.74) is 0. The maximum atomic E-state index is 12.9. The fraction of sp³-hybridized carbons (Fsp3) is 0.671. The van der Waals surface area contributed by atoms with Crippen molar-refractivity contribution in [3.8, 4) is 0 Å². The number of carbonyl (C=O) groups is 3. The largest absolute Gasteiger partial charge is 0.462 e. The summed E-state index contributed by atoms with van der Waals surface area (Å²) in [5, 5.41) is 0. The van der Waals surface area contributed by atoms with E-state index in [2.05, 4.69) is 154 Å². The Bertz CT molecular complexity index is 1730. The number of esters is 3. The second kappa shape index (κ2) is 69.0. The van der Waals surface area contributed by atoms with Crippen LogP contribution in [0.25, 0.3) is 0 Å². The third-order valence-corrected chi connectivity index (χ3v) is 14.4. The van der Waals surface area contributed by atoms with Gasteiger partial charge in [-0.05, 0) is 116 Å². The van der Waals surface area contributed by atoms with Gasteiger partial charge in [-0.25, -0.2) is 0 Å². The van der Waals surface area contributed by atoms with Crippen molar-refractivity contribution in [1.82, 2.24) is 0 Å². The Labute approximate surface area is 506 Å². The van der Waals surface area contributed by atoms with Gasteiger partial charge in [0.05, 0.1) is 0 Å². The predicted octanol–water partition coefficient (Wildman–Crippen LogP) is 23.7. The summed E-state index contributed by atoms with van der Waals surface area (Å²) in [6, 6.07) is 0. The third kappa shape index (κ3) is 66.4. The Morgan fingerprint density at radius 3 is 0.744 bits per heavy atom. The zero-order chi connectivity index (χ0) is 59.2. The molecule has 0 radical (unpaired) electrons. The number of rotatable bonds is 61. The fourth-order valence-corrected chi connectivity index (χ4v) is 9.36. The second-order valence-corrected chi connectivity index (χ2v) is 22.3. The molecule has 0 aromatic carbocycles. The maximum Gasteiger partial charge on any atom is 0.306 e. The van der Waals surface area contributed by atoms with Crippen LogP contribution in [0.2, 0.25) is 0 Å². The first-order chi connectivity index (χ1) is 40.5. The molecule has 82 heavy (non-hydrogen) atoms. The maximum absolute atomic E-state index is 12.9. The summed E-state index contributed by atoms with van der Waals surface area (Å²) < 4.78 is 16.9. The molecule has 0 aromatic rings. The zero-order valence-corrected chi connectivity index (χ0v) is 53.5. The Hall–Kier alpha value is -4.45. The monoisotopic (exact) mass is 1130 g/mol. The molecule has 1 atom stereocenters. The van der Waals surface area contributed by atoms with E-state index in [1.54, 1.807) is 0 Å². The van der Waals surface area contributed by atoms with Gasteiger partial charge in [0, 0.05) is 19.3 Å². The second-order valence-electron chi connectivity index (χ2n) is 22.3. The van der Waals surface area contributed by atoms with Gasteiger partial charge in [-0.15, -0.1) is 0 Å². The highest BCUT2D eigenvalue weighted by Gasteiger charge is 2.19. The Kier molecular flexibility index (Phi) is 65.3. The molecule has 0 fully saturated rings. The molecule has 0 N–H and O–H groups in total. The van der Waals surface area contributed by atoms with E-state index < -0.39 is 6.10 Å². The Balaban J connectivity index is 4.26. The topological polar surface area (TPSA) is 78.9 Å². The lowest BCUT2D eigenvalue weighted by Crippen LogP contribution is -2.30. The van der Waals surface area contributed by atoms with E-state index >= 15 is 0 Å². The molecule has 0 aliphatic rings. The lowest BCUT2D eigenvalue weighted by atomic mass is 10.0. The van der Waals surface area contributed by atoms with Crippen molar-refractivity contribution in [1.29, 1.82) is 0 Å². The summed E-state index contributed by atoms with van der Waals surface area (Å²) in [6.45, 7) is 6.41. The SMILES string of the molecule is CC/C=C\C/C=C\C/C=C\C/C=C\C/C=C\C/C=C\C/C=C\CCCCCCCCCCCCCC(=O)OCC(COC(=O)CCCCCCCCCCCCCC)OC(=O)CCCCCCCC/C=C\C/C=C\C/C=C\C/C=C\CC. The minimum atomic E-state index is -0.790. The van der Waals surface area contributed by atoms with Crippen molar-refractivity contribution in [2.24, 2.45) is 0 Å². The summed E-state index contributed by atoms with van der Waals surface area (Å²) in [5.74, 6) is -0.895. The van der Waals surface area contributed by atoms with Crippen LogP contribution in [0, 0.1) is 0 Å². The normalized spacial score (nSPS) is 13.0. The van der Waals surface area contributed by atoms with E-state index in [1.807, 2.05) is 0 Å². The minimum Gasteiger partial charge on any atom is -0.462 e. The molecule has 6 nitrogen and oxygen atoms in total. The summed E-state index contributed by atoms with van der Waals surface area (Å²) in [6.07, 6.45) is 97.5. The molecule has 466 valence electrons. The molecular weight excluding hydrogens is 1010 g/mol. The number of unbranched alkanes of at least 4 members (excludes halogenated alkanes) is 28. The molecule has 0 amide bonds. The number of hydrogen-bond acceptors (Lipinski definition) is 6. The van der Waals surface area contributed by atoms with Crippen LogP contribution in [0.1, 0.15) is 310 Å². The molecule has 0 aliphatic carbocycles. The molecule has 0 aliphatic heterocycles. The van der Waals surface area contributed by atoms with Crippen molar-refractivity contribution in [2.45, 2.75) is 316 Å². The smallest absolute Gasteiger partial charge is 0.306 e. The van der Waals surface area contributed by atoms with E-state index in [-0.39, 0.29) is 31.1 Å². The van der Waals surface area contributed by atoms with Crippen LogP contribution in [-0.2, 0) is 28.6 Å². The summed E-state index contributed by atoms with van der Waals surface area (Å²) in [4.78, 5) is 38.3. The molecule has 0 heterocycles. The van der Waals surface area contributed by atoms with Gasteiger partial charge in [-0.2, -0.15) is 0 Å². The molecule has 1 unspecified atom stereocenters. The van der Waals surface area contributed by atoms with E-state index in [0.29, 0.717) is 19.3 Å². The molecule has 0 spiro atoms. The first-order valence-electron chi connectivity index (χ1n) is 34.2. The number of allylic oxidation sites excluding steroid dienone is 22. The van der Waals surface area contributed by atoms with Gasteiger partial charge >= 0.3 is 17.9 Å². The standard InChI is InChI=1S/C76H126O6/c1-4-7-10-13-16-19-22-25-27-29-31-32-33-34-35-36-37-38-39-40-41-42-43-44-46-47-49-51-54-57-60-63-66-69-75(78)81-72-73(71-80-74(77)68-65-62-59-56-53-24-21-18-15-12-9-6-3)82-76(79)70-67-64-61-58-55-52-50-48-45-30-28-26-23-20-17-14-11-8-5-2/h7-8,10-11,16-17,19-20,25-28,31-32,34-35,37-38,40-41,45,48,73H,4-6,9,12-15,18,21-24,29-30,33,36,39,42-44,46-47,49-72H2,1-3H3/b10-7-,11-8-,19-16-,20-17-,27-25-,28-26-,32-31-,35-34-,38-37-,41-40-,48-45-. The lowest BCUT2D eigenvalue weighted by Gasteiger charge is -2.18. The van der Waals surface area contributed by atoms with Gasteiger partial charge in [0.25, 0.3) is 0 Å². The quantitative estimate of drug-likeness (QED) is 0.0261. The highest BCUT2D eigenvalue weighted by molar-refractivity contribution is 5.71. The first-order valence-corrected chi connectivity index (χ1v) is 34.2. The summed E-state index contributed by atoms with van der Waals surface area (Å²) >= 11 is 0. The van der Waals surface area contributed by atoms with Crippen LogP contribution in [0.4, 0.5) is 0 Å². The minimum absolute atomic E-state index is 0.0843. The van der Waals surface area contributed by atoms with Crippen LogP contribution in [0.15, 0.2) is 134 Å². The third-order valence-electron chi connectivity index (χ3n) is 14.4. The molecule has 0 rings (SSSR count). The predicted molar refractivity (Wildman–Crippen MR) is 357 cm³/mol. The van der Waals surface area contributed by atoms with E-state index in [1.165, 1.54) is 128 Å². The van der Waals surface area contributed by atoms with Gasteiger partial charge in [0.15, 0.2) is 6.10 Å².